The maximum Gasteiger partial charge on any atom is 0.321 e. The van der Waals surface area contributed by atoms with Crippen LogP contribution in [0.25, 0.3) is 0 Å². The summed E-state index contributed by atoms with van der Waals surface area (Å²) in [6.07, 6.45) is 1.16. The zero-order valence-electron chi connectivity index (χ0n) is 11.4. The van der Waals surface area contributed by atoms with Gasteiger partial charge in [-0.05, 0) is 37.2 Å². The molecule has 1 aromatic carbocycles. The molecule has 0 saturated carbocycles. The van der Waals surface area contributed by atoms with Gasteiger partial charge in [-0.25, -0.2) is 4.79 Å². The second-order valence-corrected chi connectivity index (χ2v) is 4.88. The Hall–Kier alpha value is -1.75. The summed E-state index contributed by atoms with van der Waals surface area (Å²) in [5.74, 6) is 0. The molecule has 0 radical (unpaired) electrons. The number of carbonyl (C=O) groups is 1. The first-order valence-corrected chi connectivity index (χ1v) is 6.83. The van der Waals surface area contributed by atoms with Crippen molar-refractivity contribution in [3.05, 3.63) is 24.3 Å². The van der Waals surface area contributed by atoms with E-state index in [9.17, 15) is 4.79 Å². The van der Waals surface area contributed by atoms with Crippen molar-refractivity contribution < 1.29 is 4.79 Å². The van der Waals surface area contributed by atoms with Gasteiger partial charge in [-0.15, -0.1) is 0 Å². The molecule has 19 heavy (non-hydrogen) atoms. The van der Waals surface area contributed by atoms with Crippen LogP contribution in [0.1, 0.15) is 13.3 Å². The average Bonchev–Trinajstić information content (AvgIpc) is 2.42. The van der Waals surface area contributed by atoms with Crippen LogP contribution in [0, 0.1) is 0 Å². The smallest absolute Gasteiger partial charge is 0.321 e. The fourth-order valence-electron chi connectivity index (χ4n) is 2.26. The molecule has 0 atom stereocenters. The summed E-state index contributed by atoms with van der Waals surface area (Å²) < 4.78 is 0. The number of urea groups is 1. The number of nitrogens with two attached hydrogens (primary N) is 1. The summed E-state index contributed by atoms with van der Waals surface area (Å²) in [6, 6.07) is 7.19. The largest absolute Gasteiger partial charge is 0.399 e. The van der Waals surface area contributed by atoms with Crippen LogP contribution in [-0.4, -0.2) is 48.6 Å². The van der Waals surface area contributed by atoms with Gasteiger partial charge in [0.05, 0.1) is 0 Å². The number of nitrogen functional groups attached to an aromatic ring is 1. The molecule has 2 amide bonds. The van der Waals surface area contributed by atoms with Crippen LogP contribution in [0.2, 0.25) is 0 Å². The Kier molecular flexibility index (Phi) is 4.63. The number of nitrogens with zero attached hydrogens (tertiary/aromatic N) is 2. The third-order valence-corrected chi connectivity index (χ3v) is 3.36. The highest BCUT2D eigenvalue weighted by Gasteiger charge is 2.20. The van der Waals surface area contributed by atoms with Gasteiger partial charge in [0.25, 0.3) is 0 Å². The number of amides is 2. The Balaban J connectivity index is 1.83. The van der Waals surface area contributed by atoms with Gasteiger partial charge in [-0.1, -0.05) is 6.92 Å². The lowest BCUT2D eigenvalue weighted by Crippen LogP contribution is -2.50. The highest BCUT2D eigenvalue weighted by Crippen LogP contribution is 2.12. The quantitative estimate of drug-likeness (QED) is 0.817. The van der Waals surface area contributed by atoms with Gasteiger partial charge < -0.3 is 16.0 Å². The molecule has 1 aliphatic heterocycles. The van der Waals surface area contributed by atoms with E-state index in [1.807, 2.05) is 17.0 Å². The standard InChI is InChI=1S/C14H22N4O/c1-2-7-17-8-10-18(11-9-17)14(19)16-13-5-3-12(15)4-6-13/h3-6H,2,7-11,15H2,1H3,(H,16,19). The molecule has 104 valence electrons. The van der Waals surface area contributed by atoms with Crippen molar-refractivity contribution >= 4 is 17.4 Å². The van der Waals surface area contributed by atoms with Crippen molar-refractivity contribution in [2.45, 2.75) is 13.3 Å². The lowest BCUT2D eigenvalue weighted by atomic mass is 10.3. The number of benzene rings is 1. The Morgan fingerprint density at radius 3 is 2.42 bits per heavy atom. The molecule has 1 saturated heterocycles. The summed E-state index contributed by atoms with van der Waals surface area (Å²) >= 11 is 0. The van der Waals surface area contributed by atoms with E-state index >= 15 is 0 Å². The van der Waals surface area contributed by atoms with E-state index in [4.69, 9.17) is 5.73 Å². The lowest BCUT2D eigenvalue weighted by Gasteiger charge is -2.34. The summed E-state index contributed by atoms with van der Waals surface area (Å²) in [5, 5.41) is 2.90. The minimum absolute atomic E-state index is 0.0269. The van der Waals surface area contributed by atoms with Gasteiger partial charge in [0.15, 0.2) is 0 Å². The number of carbonyl (C=O) groups excluding carboxylic acids is 1. The molecule has 0 aromatic heterocycles. The molecule has 5 heteroatoms. The average molecular weight is 262 g/mol. The van der Waals surface area contributed by atoms with Crippen molar-refractivity contribution in [1.29, 1.82) is 0 Å². The number of nitrogens with one attached hydrogen (secondary N) is 1. The Bertz CT molecular complexity index is 410. The van der Waals surface area contributed by atoms with Gasteiger partial charge >= 0.3 is 6.03 Å². The minimum Gasteiger partial charge on any atom is -0.399 e. The number of anilines is 2. The fraction of sp³-hybridized carbons (Fsp3) is 0.500. The molecule has 1 aliphatic rings. The topological polar surface area (TPSA) is 61.6 Å². The van der Waals surface area contributed by atoms with Crippen molar-refractivity contribution in [1.82, 2.24) is 9.80 Å². The van der Waals surface area contributed by atoms with E-state index in [-0.39, 0.29) is 6.03 Å². The SMILES string of the molecule is CCCN1CCN(C(=O)Nc2ccc(N)cc2)CC1. The van der Waals surface area contributed by atoms with Crippen LogP contribution in [0.15, 0.2) is 24.3 Å². The van der Waals surface area contributed by atoms with Gasteiger partial charge in [0.2, 0.25) is 0 Å². The van der Waals surface area contributed by atoms with E-state index in [0.29, 0.717) is 5.69 Å². The number of rotatable bonds is 3. The van der Waals surface area contributed by atoms with Crippen LogP contribution in [-0.2, 0) is 0 Å². The van der Waals surface area contributed by atoms with E-state index < -0.39 is 0 Å². The van der Waals surface area contributed by atoms with Crippen LogP contribution < -0.4 is 11.1 Å². The molecule has 0 spiro atoms. The van der Waals surface area contributed by atoms with Crippen LogP contribution >= 0.6 is 0 Å². The van der Waals surface area contributed by atoms with Crippen LogP contribution in [0.5, 0.6) is 0 Å². The Morgan fingerprint density at radius 1 is 1.21 bits per heavy atom. The van der Waals surface area contributed by atoms with Crippen molar-refractivity contribution in [3.63, 3.8) is 0 Å². The Morgan fingerprint density at radius 2 is 1.84 bits per heavy atom. The maximum atomic E-state index is 12.1. The lowest BCUT2D eigenvalue weighted by molar-refractivity contribution is 0.147. The van der Waals surface area contributed by atoms with E-state index in [1.165, 1.54) is 0 Å². The maximum absolute atomic E-state index is 12.1. The zero-order chi connectivity index (χ0) is 13.7. The molecule has 2 rings (SSSR count). The highest BCUT2D eigenvalue weighted by atomic mass is 16.2. The molecular formula is C14H22N4O. The molecule has 1 aromatic rings. The minimum atomic E-state index is -0.0269. The zero-order valence-corrected chi connectivity index (χ0v) is 11.4. The van der Waals surface area contributed by atoms with E-state index in [2.05, 4.69) is 17.1 Å². The van der Waals surface area contributed by atoms with Gasteiger partial charge in [0, 0.05) is 37.6 Å². The monoisotopic (exact) mass is 262 g/mol. The van der Waals surface area contributed by atoms with Gasteiger partial charge in [-0.2, -0.15) is 0 Å². The molecule has 0 unspecified atom stereocenters. The van der Waals surface area contributed by atoms with Gasteiger partial charge in [-0.3, -0.25) is 4.90 Å². The molecule has 0 bridgehead atoms. The van der Waals surface area contributed by atoms with E-state index in [0.717, 1.165) is 44.8 Å². The molecule has 3 N–H and O–H groups in total. The summed E-state index contributed by atoms with van der Waals surface area (Å²) in [4.78, 5) is 16.3. The first-order chi connectivity index (χ1) is 9.19. The third-order valence-electron chi connectivity index (χ3n) is 3.36. The van der Waals surface area contributed by atoms with Gasteiger partial charge in [0.1, 0.15) is 0 Å². The number of hydrogen-bond donors (Lipinski definition) is 2. The van der Waals surface area contributed by atoms with Crippen molar-refractivity contribution in [2.75, 3.05) is 43.8 Å². The summed E-state index contributed by atoms with van der Waals surface area (Å²) in [6.45, 7) is 6.81. The third kappa shape index (κ3) is 3.86. The molecule has 1 fully saturated rings. The summed E-state index contributed by atoms with van der Waals surface area (Å²) in [7, 11) is 0. The second kappa shape index (κ2) is 6.43. The van der Waals surface area contributed by atoms with Crippen molar-refractivity contribution in [2.24, 2.45) is 0 Å². The first-order valence-electron chi connectivity index (χ1n) is 6.83. The van der Waals surface area contributed by atoms with Crippen LogP contribution in [0.3, 0.4) is 0 Å². The van der Waals surface area contributed by atoms with Crippen molar-refractivity contribution in [3.8, 4) is 0 Å². The molecule has 1 heterocycles. The van der Waals surface area contributed by atoms with E-state index in [1.54, 1.807) is 12.1 Å². The normalized spacial score (nSPS) is 16.4. The number of piperazine rings is 1. The second-order valence-electron chi connectivity index (χ2n) is 4.88. The predicted octanol–water partition coefficient (Wildman–Crippen LogP) is 1.83. The predicted molar refractivity (Wildman–Crippen MR) is 78.2 cm³/mol. The highest BCUT2D eigenvalue weighted by molar-refractivity contribution is 5.89. The summed E-state index contributed by atoms with van der Waals surface area (Å²) in [5.41, 5.74) is 7.10. The Labute approximate surface area is 114 Å². The fourth-order valence-corrected chi connectivity index (χ4v) is 2.26. The molecule has 0 aliphatic carbocycles. The molecular weight excluding hydrogens is 240 g/mol. The number of hydrogen-bond acceptors (Lipinski definition) is 3. The molecule has 5 nitrogen and oxygen atoms in total. The first kappa shape index (κ1) is 13.7. The van der Waals surface area contributed by atoms with Crippen LogP contribution in [0.4, 0.5) is 16.2 Å².